The van der Waals surface area contributed by atoms with Gasteiger partial charge in [-0.3, -0.25) is 4.79 Å². The molecule has 1 aromatic heterocycles. The number of nitrogens with zero attached hydrogens (tertiary/aromatic N) is 1. The van der Waals surface area contributed by atoms with Crippen LogP contribution in [0, 0.1) is 0 Å². The van der Waals surface area contributed by atoms with E-state index in [9.17, 15) is 4.79 Å². The van der Waals surface area contributed by atoms with Gasteiger partial charge in [0.2, 0.25) is 11.8 Å². The van der Waals surface area contributed by atoms with Gasteiger partial charge in [0.05, 0.1) is 7.11 Å². The van der Waals surface area contributed by atoms with Gasteiger partial charge >= 0.3 is 0 Å². The van der Waals surface area contributed by atoms with E-state index in [0.717, 1.165) is 0 Å². The van der Waals surface area contributed by atoms with Gasteiger partial charge in [-0.15, -0.1) is 11.6 Å². The molecule has 0 fully saturated rings. The Morgan fingerprint density at radius 1 is 1.50 bits per heavy atom. The van der Waals surface area contributed by atoms with Gasteiger partial charge < -0.3 is 10.1 Å². The van der Waals surface area contributed by atoms with Crippen LogP contribution in [0.3, 0.4) is 0 Å². The molecule has 4 nitrogen and oxygen atoms in total. The van der Waals surface area contributed by atoms with Crippen molar-refractivity contribution in [3.05, 3.63) is 23.9 Å². The Kier molecular flexibility index (Phi) is 4.55. The summed E-state index contributed by atoms with van der Waals surface area (Å²) >= 11 is 6.00. The molecule has 1 aromatic rings. The van der Waals surface area contributed by atoms with Crippen molar-refractivity contribution in [1.82, 2.24) is 10.3 Å². The molecule has 1 amide bonds. The number of pyridine rings is 1. The molecule has 0 aliphatic rings. The number of halogens is 1. The summed E-state index contributed by atoms with van der Waals surface area (Å²) < 4.78 is 4.92. The monoisotopic (exact) mass is 242 g/mol. The largest absolute Gasteiger partial charge is 0.481 e. The first kappa shape index (κ1) is 12.8. The molecule has 0 bridgehead atoms. The van der Waals surface area contributed by atoms with Crippen molar-refractivity contribution in [1.29, 1.82) is 0 Å². The first-order valence-corrected chi connectivity index (χ1v) is 5.42. The highest BCUT2D eigenvalue weighted by molar-refractivity contribution is 6.30. The molecular weight excluding hydrogens is 228 g/mol. The van der Waals surface area contributed by atoms with Crippen LogP contribution in [0.15, 0.2) is 18.3 Å². The number of hydrogen-bond donors (Lipinski definition) is 1. The van der Waals surface area contributed by atoms with E-state index in [-0.39, 0.29) is 11.9 Å². The third-order valence-electron chi connectivity index (χ3n) is 1.92. The number of carbonyl (C=O) groups is 1. The predicted octanol–water partition coefficient (Wildman–Crippen LogP) is 1.89. The van der Waals surface area contributed by atoms with Gasteiger partial charge in [0.1, 0.15) is 5.38 Å². The lowest BCUT2D eigenvalue weighted by Gasteiger charge is -2.13. The van der Waals surface area contributed by atoms with E-state index in [1.807, 2.05) is 13.8 Å². The van der Waals surface area contributed by atoms with Crippen molar-refractivity contribution < 1.29 is 9.53 Å². The van der Waals surface area contributed by atoms with Crippen LogP contribution in [0.5, 0.6) is 5.88 Å². The van der Waals surface area contributed by atoms with E-state index in [1.165, 1.54) is 13.3 Å². The topological polar surface area (TPSA) is 51.2 Å². The van der Waals surface area contributed by atoms with E-state index in [1.54, 1.807) is 12.1 Å². The van der Waals surface area contributed by atoms with E-state index >= 15 is 0 Å². The van der Waals surface area contributed by atoms with Crippen molar-refractivity contribution in [3.8, 4) is 5.88 Å². The highest BCUT2D eigenvalue weighted by atomic mass is 35.5. The molecule has 1 N–H and O–H groups in total. The normalized spacial score (nSPS) is 12.3. The fraction of sp³-hybridized carbons (Fsp3) is 0.455. The van der Waals surface area contributed by atoms with Gasteiger partial charge in [0.25, 0.3) is 0 Å². The smallest absolute Gasteiger partial charge is 0.242 e. The van der Waals surface area contributed by atoms with E-state index in [4.69, 9.17) is 16.3 Å². The minimum atomic E-state index is -0.721. The van der Waals surface area contributed by atoms with Gasteiger partial charge in [-0.05, 0) is 19.4 Å². The van der Waals surface area contributed by atoms with Crippen LogP contribution in [-0.4, -0.2) is 24.0 Å². The number of carbonyl (C=O) groups excluding carboxylic acids is 1. The molecule has 0 saturated heterocycles. The van der Waals surface area contributed by atoms with Crippen molar-refractivity contribution >= 4 is 17.5 Å². The summed E-state index contributed by atoms with van der Waals surface area (Å²) in [6.45, 7) is 3.77. The Bertz CT molecular complexity index is 352. The molecule has 1 heterocycles. The van der Waals surface area contributed by atoms with Crippen LogP contribution in [0.1, 0.15) is 24.8 Å². The molecular formula is C11H15ClN2O2. The number of ether oxygens (including phenoxy) is 1. The number of aromatic nitrogens is 1. The van der Waals surface area contributed by atoms with Crippen LogP contribution in [0.2, 0.25) is 0 Å². The Morgan fingerprint density at radius 2 is 2.19 bits per heavy atom. The van der Waals surface area contributed by atoms with Gasteiger partial charge in [0.15, 0.2) is 0 Å². The molecule has 0 aromatic carbocycles. The van der Waals surface area contributed by atoms with E-state index in [2.05, 4.69) is 10.3 Å². The fourth-order valence-electron chi connectivity index (χ4n) is 1.17. The highest BCUT2D eigenvalue weighted by Gasteiger charge is 2.18. The van der Waals surface area contributed by atoms with Crippen LogP contribution in [0.25, 0.3) is 0 Å². The lowest BCUT2D eigenvalue weighted by molar-refractivity contribution is -0.121. The Hall–Kier alpha value is -1.29. The number of nitrogens with one attached hydrogen (secondary N) is 1. The average molecular weight is 243 g/mol. The molecule has 1 rings (SSSR count). The third kappa shape index (κ3) is 3.38. The number of amides is 1. The summed E-state index contributed by atoms with van der Waals surface area (Å²) in [4.78, 5) is 15.6. The second-order valence-electron chi connectivity index (χ2n) is 3.66. The van der Waals surface area contributed by atoms with Gasteiger partial charge in [-0.1, -0.05) is 6.07 Å². The Balaban J connectivity index is 2.72. The maximum absolute atomic E-state index is 11.6. The fourth-order valence-corrected chi connectivity index (χ4v) is 1.36. The molecule has 1 atom stereocenters. The quantitative estimate of drug-likeness (QED) is 0.821. The molecule has 1 unspecified atom stereocenters. The third-order valence-corrected chi connectivity index (χ3v) is 2.37. The summed E-state index contributed by atoms with van der Waals surface area (Å²) in [7, 11) is 1.53. The molecule has 5 heteroatoms. The summed E-state index contributed by atoms with van der Waals surface area (Å²) in [5.74, 6) is 0.278. The number of methoxy groups -OCH3 is 1. The lowest BCUT2D eigenvalue weighted by Crippen LogP contribution is -2.32. The second kappa shape index (κ2) is 5.70. The van der Waals surface area contributed by atoms with Crippen LogP contribution < -0.4 is 10.1 Å². The molecule has 88 valence electrons. The Morgan fingerprint density at radius 3 is 2.62 bits per heavy atom. The molecule has 16 heavy (non-hydrogen) atoms. The van der Waals surface area contributed by atoms with Crippen LogP contribution in [0.4, 0.5) is 0 Å². The number of rotatable bonds is 4. The van der Waals surface area contributed by atoms with Gasteiger partial charge in [-0.2, -0.15) is 0 Å². The molecule has 0 saturated carbocycles. The number of alkyl halides is 1. The zero-order chi connectivity index (χ0) is 12.1. The Labute approximate surface area is 100.0 Å². The average Bonchev–Trinajstić information content (AvgIpc) is 2.27. The molecule has 0 aliphatic carbocycles. The summed E-state index contributed by atoms with van der Waals surface area (Å²) in [6.07, 6.45) is 1.54. The van der Waals surface area contributed by atoms with Crippen molar-refractivity contribution in [3.63, 3.8) is 0 Å². The minimum Gasteiger partial charge on any atom is -0.481 e. The van der Waals surface area contributed by atoms with Crippen LogP contribution in [-0.2, 0) is 4.79 Å². The lowest BCUT2D eigenvalue weighted by atomic mass is 10.2. The number of hydrogen-bond acceptors (Lipinski definition) is 3. The van der Waals surface area contributed by atoms with E-state index < -0.39 is 5.38 Å². The molecule has 0 aliphatic heterocycles. The van der Waals surface area contributed by atoms with Crippen LogP contribution >= 0.6 is 11.6 Å². The molecule has 0 spiro atoms. The highest BCUT2D eigenvalue weighted by Crippen LogP contribution is 2.21. The summed E-state index contributed by atoms with van der Waals surface area (Å²) in [6, 6.07) is 3.47. The van der Waals surface area contributed by atoms with Crippen molar-refractivity contribution in [2.45, 2.75) is 25.3 Å². The second-order valence-corrected chi connectivity index (χ2v) is 4.10. The predicted molar refractivity (Wildman–Crippen MR) is 62.7 cm³/mol. The first-order chi connectivity index (χ1) is 7.54. The summed E-state index contributed by atoms with van der Waals surface area (Å²) in [5.41, 5.74) is 0.653. The van der Waals surface area contributed by atoms with Gasteiger partial charge in [-0.25, -0.2) is 4.98 Å². The van der Waals surface area contributed by atoms with Gasteiger partial charge in [0, 0.05) is 18.3 Å². The SMILES string of the molecule is COc1ccc(C(Cl)C(=O)NC(C)C)cn1. The summed E-state index contributed by atoms with van der Waals surface area (Å²) in [5, 5.41) is 2.02. The first-order valence-electron chi connectivity index (χ1n) is 4.99. The zero-order valence-electron chi connectivity index (χ0n) is 9.53. The van der Waals surface area contributed by atoms with E-state index in [0.29, 0.717) is 11.4 Å². The maximum Gasteiger partial charge on any atom is 0.242 e. The molecule has 0 radical (unpaired) electrons. The van der Waals surface area contributed by atoms with Crippen molar-refractivity contribution in [2.24, 2.45) is 0 Å². The maximum atomic E-state index is 11.6. The standard InChI is InChI=1S/C11H15ClN2O2/c1-7(2)14-11(15)10(12)8-4-5-9(16-3)13-6-8/h4-7,10H,1-3H3,(H,14,15). The minimum absolute atomic E-state index is 0.0694. The zero-order valence-corrected chi connectivity index (χ0v) is 10.3. The van der Waals surface area contributed by atoms with Crippen molar-refractivity contribution in [2.75, 3.05) is 7.11 Å².